The summed E-state index contributed by atoms with van der Waals surface area (Å²) in [4.78, 5) is 17.5. The van der Waals surface area contributed by atoms with E-state index in [-0.39, 0.29) is 34.3 Å². The number of sulfonamides is 1. The Morgan fingerprint density at radius 1 is 1.10 bits per heavy atom. The molecule has 1 fully saturated rings. The second-order valence-corrected chi connectivity index (χ2v) is 12.3. The van der Waals surface area contributed by atoms with Crippen molar-refractivity contribution in [2.45, 2.75) is 42.3 Å². The van der Waals surface area contributed by atoms with Gasteiger partial charge >= 0.3 is 0 Å². The molecular formula is C28H29N5O4S2. The Morgan fingerprint density at radius 2 is 1.85 bits per heavy atom. The van der Waals surface area contributed by atoms with Crippen molar-refractivity contribution in [2.24, 2.45) is 5.73 Å². The first kappa shape index (κ1) is 26.9. The average molecular weight is 564 g/mol. The molecule has 0 bridgehead atoms. The number of amidine groups is 1. The maximum Gasteiger partial charge on any atom is 0.251 e. The monoisotopic (exact) mass is 563 g/mol. The van der Waals surface area contributed by atoms with Crippen LogP contribution in [0.3, 0.4) is 0 Å². The number of carbonyl (C=O) groups excluding carboxylic acids is 1. The zero-order chi connectivity index (χ0) is 27.6. The molecule has 1 heterocycles. The van der Waals surface area contributed by atoms with Gasteiger partial charge in [0.15, 0.2) is 0 Å². The molecule has 5 rings (SSSR count). The van der Waals surface area contributed by atoms with Crippen LogP contribution in [0.2, 0.25) is 0 Å². The van der Waals surface area contributed by atoms with E-state index in [1.165, 1.54) is 23.5 Å². The maximum atomic E-state index is 13.6. The summed E-state index contributed by atoms with van der Waals surface area (Å²) in [5.74, 6) is -0.390. The summed E-state index contributed by atoms with van der Waals surface area (Å²) in [7, 11) is -2.39. The van der Waals surface area contributed by atoms with Crippen LogP contribution in [0.4, 0.5) is 0 Å². The average Bonchev–Trinajstić information content (AvgIpc) is 3.34. The molecule has 9 nitrogen and oxygen atoms in total. The summed E-state index contributed by atoms with van der Waals surface area (Å²) in [6.45, 7) is 0. The summed E-state index contributed by atoms with van der Waals surface area (Å²) in [5.41, 5.74) is 8.08. The lowest BCUT2D eigenvalue weighted by Crippen LogP contribution is -2.47. The van der Waals surface area contributed by atoms with Gasteiger partial charge in [-0.3, -0.25) is 10.2 Å². The fourth-order valence-corrected chi connectivity index (χ4v) is 6.86. The topological polar surface area (TPSA) is 147 Å². The number of carbonyl (C=O) groups is 1. The van der Waals surface area contributed by atoms with Gasteiger partial charge in [0.05, 0.1) is 27.3 Å². The van der Waals surface area contributed by atoms with E-state index in [9.17, 15) is 13.2 Å². The van der Waals surface area contributed by atoms with Crippen LogP contribution in [0.5, 0.6) is 0 Å². The standard InChI is InChI=1S/C28H29N5O4S2/c1-37-21-15-20(16-21)31-27(34)19-8-5-9-22(14-19)39(35,36)33-24(13-17-6-4-7-18(12-17)26(29)30)28-32-23-10-2-3-11-25(23)38-28/h2-12,14,20-21,24,33H,13,15-16H2,1H3,(H3,29,30)(H,31,34)/t20?,21?,24-/m1/s1. The molecule has 1 aliphatic carbocycles. The molecule has 202 valence electrons. The van der Waals surface area contributed by atoms with E-state index in [1.807, 2.05) is 30.3 Å². The molecule has 3 aromatic carbocycles. The van der Waals surface area contributed by atoms with Crippen LogP contribution in [0.1, 0.15) is 45.4 Å². The van der Waals surface area contributed by atoms with Crippen molar-refractivity contribution >= 4 is 43.3 Å². The highest BCUT2D eigenvalue weighted by molar-refractivity contribution is 7.89. The zero-order valence-electron chi connectivity index (χ0n) is 21.3. The van der Waals surface area contributed by atoms with E-state index < -0.39 is 16.1 Å². The highest BCUT2D eigenvalue weighted by atomic mass is 32.2. The Bertz CT molecular complexity index is 1600. The summed E-state index contributed by atoms with van der Waals surface area (Å²) in [6.07, 6.45) is 1.90. The number of methoxy groups -OCH3 is 1. The highest BCUT2D eigenvalue weighted by Gasteiger charge is 2.31. The lowest BCUT2D eigenvalue weighted by atomic mass is 9.89. The van der Waals surface area contributed by atoms with Crippen LogP contribution in [-0.4, -0.2) is 44.4 Å². The molecule has 0 saturated heterocycles. The van der Waals surface area contributed by atoms with Gasteiger partial charge in [-0.05, 0) is 61.2 Å². The van der Waals surface area contributed by atoms with Crippen LogP contribution >= 0.6 is 11.3 Å². The Labute approximate surface area is 231 Å². The van der Waals surface area contributed by atoms with Gasteiger partial charge in [-0.25, -0.2) is 18.1 Å². The largest absolute Gasteiger partial charge is 0.384 e. The van der Waals surface area contributed by atoms with Gasteiger partial charge in [0, 0.05) is 24.3 Å². The number of hydrogen-bond donors (Lipinski definition) is 4. The number of ether oxygens (including phenoxy) is 1. The minimum Gasteiger partial charge on any atom is -0.384 e. The Morgan fingerprint density at radius 3 is 2.59 bits per heavy atom. The van der Waals surface area contributed by atoms with Crippen molar-refractivity contribution in [3.63, 3.8) is 0 Å². The third-order valence-corrected chi connectivity index (χ3v) is 9.37. The van der Waals surface area contributed by atoms with Gasteiger partial charge in [-0.1, -0.05) is 36.4 Å². The van der Waals surface area contributed by atoms with E-state index in [1.54, 1.807) is 37.4 Å². The molecule has 1 aromatic heterocycles. The molecule has 0 spiro atoms. The summed E-state index contributed by atoms with van der Waals surface area (Å²) >= 11 is 1.42. The first-order chi connectivity index (χ1) is 18.7. The first-order valence-corrected chi connectivity index (χ1v) is 14.8. The fourth-order valence-electron chi connectivity index (χ4n) is 4.52. The number of nitrogens with two attached hydrogens (primary N) is 1. The molecule has 4 aromatic rings. The van der Waals surface area contributed by atoms with E-state index in [0.717, 1.165) is 28.6 Å². The Balaban J connectivity index is 1.41. The molecular weight excluding hydrogens is 534 g/mol. The zero-order valence-corrected chi connectivity index (χ0v) is 22.9. The molecule has 1 amide bonds. The predicted molar refractivity (Wildman–Crippen MR) is 152 cm³/mol. The number of aromatic nitrogens is 1. The SMILES string of the molecule is COC1CC(NC(=O)c2cccc(S(=O)(=O)N[C@H](Cc3cccc(C(=N)N)c3)c3nc4ccccc4s3)c2)C1. The Hall–Kier alpha value is -3.64. The van der Waals surface area contributed by atoms with Crippen molar-refractivity contribution < 1.29 is 17.9 Å². The number of nitrogen functional groups attached to an aromatic ring is 1. The highest BCUT2D eigenvalue weighted by Crippen LogP contribution is 2.30. The van der Waals surface area contributed by atoms with Crippen molar-refractivity contribution in [2.75, 3.05) is 7.11 Å². The number of rotatable bonds is 10. The maximum absolute atomic E-state index is 13.6. The van der Waals surface area contributed by atoms with Gasteiger partial charge in [-0.15, -0.1) is 11.3 Å². The number of nitrogens with zero attached hydrogens (tertiary/aromatic N) is 1. The van der Waals surface area contributed by atoms with Crippen LogP contribution in [-0.2, 0) is 21.2 Å². The van der Waals surface area contributed by atoms with Gasteiger partial charge < -0.3 is 15.8 Å². The van der Waals surface area contributed by atoms with E-state index >= 15 is 0 Å². The van der Waals surface area contributed by atoms with Crippen LogP contribution < -0.4 is 15.8 Å². The van der Waals surface area contributed by atoms with E-state index in [0.29, 0.717) is 17.0 Å². The number of hydrogen-bond acceptors (Lipinski definition) is 7. The minimum atomic E-state index is -4.03. The van der Waals surface area contributed by atoms with Gasteiger partial charge in [0.1, 0.15) is 10.8 Å². The lowest BCUT2D eigenvalue weighted by molar-refractivity contribution is 0.0176. The molecule has 1 atom stereocenters. The second-order valence-electron chi connectivity index (χ2n) is 9.54. The normalized spacial score (nSPS) is 17.9. The summed E-state index contributed by atoms with van der Waals surface area (Å²) < 4.78 is 36.2. The second kappa shape index (κ2) is 11.2. The molecule has 5 N–H and O–H groups in total. The molecule has 0 aliphatic heterocycles. The third kappa shape index (κ3) is 6.17. The van der Waals surface area contributed by atoms with E-state index in [4.69, 9.17) is 20.9 Å². The van der Waals surface area contributed by atoms with Crippen molar-refractivity contribution in [1.29, 1.82) is 5.41 Å². The summed E-state index contributed by atoms with van der Waals surface area (Å²) in [5, 5.41) is 11.3. The molecule has 39 heavy (non-hydrogen) atoms. The van der Waals surface area contributed by atoms with Crippen molar-refractivity contribution in [1.82, 2.24) is 15.0 Å². The predicted octanol–water partition coefficient (Wildman–Crippen LogP) is 3.75. The first-order valence-electron chi connectivity index (χ1n) is 12.5. The molecule has 0 unspecified atom stereocenters. The van der Waals surface area contributed by atoms with Crippen molar-refractivity contribution in [3.8, 4) is 0 Å². The number of amides is 1. The van der Waals surface area contributed by atoms with Gasteiger partial charge in [0.2, 0.25) is 10.0 Å². The van der Waals surface area contributed by atoms with Gasteiger partial charge in [0.25, 0.3) is 5.91 Å². The minimum absolute atomic E-state index is 0.00928. The summed E-state index contributed by atoms with van der Waals surface area (Å²) in [6, 6.07) is 20.1. The number of fused-ring (bicyclic) bond motifs is 1. The number of para-hydroxylation sites is 1. The van der Waals surface area contributed by atoms with Crippen LogP contribution in [0.15, 0.2) is 77.7 Å². The lowest BCUT2D eigenvalue weighted by Gasteiger charge is -2.34. The van der Waals surface area contributed by atoms with Crippen LogP contribution in [0, 0.1) is 5.41 Å². The van der Waals surface area contributed by atoms with E-state index in [2.05, 4.69) is 10.0 Å². The quantitative estimate of drug-likeness (QED) is 0.171. The molecule has 1 saturated carbocycles. The molecule has 11 heteroatoms. The Kier molecular flexibility index (Phi) is 7.76. The fraction of sp³-hybridized carbons (Fsp3) is 0.250. The molecule has 0 radical (unpaired) electrons. The molecule has 1 aliphatic rings. The smallest absolute Gasteiger partial charge is 0.251 e. The number of nitrogens with one attached hydrogen (secondary N) is 3. The van der Waals surface area contributed by atoms with Crippen LogP contribution in [0.25, 0.3) is 10.2 Å². The number of thiazole rings is 1. The third-order valence-electron chi connectivity index (χ3n) is 6.75. The van der Waals surface area contributed by atoms with Gasteiger partial charge in [-0.2, -0.15) is 0 Å². The number of benzene rings is 3. The van der Waals surface area contributed by atoms with Crippen molar-refractivity contribution in [3.05, 3.63) is 94.5 Å².